The number of aromatic nitrogens is 1. The standard InChI is InChI=1S/C16H20N2O2/c1-9-10(2)18(3)15-5-4-11(6-13(9)15)14-7-12(8-17-14)16(19)20/h4-6,12,14,17H,7-8H2,1-3H3,(H,19,20). The molecular weight excluding hydrogens is 252 g/mol. The van der Waals surface area contributed by atoms with Gasteiger partial charge >= 0.3 is 5.97 Å². The minimum atomic E-state index is -0.701. The Balaban J connectivity index is 1.98. The van der Waals surface area contributed by atoms with Crippen molar-refractivity contribution >= 4 is 16.9 Å². The number of carbonyl (C=O) groups is 1. The number of hydrogen-bond donors (Lipinski definition) is 2. The third-order valence-electron chi connectivity index (χ3n) is 4.71. The maximum atomic E-state index is 11.0. The van der Waals surface area contributed by atoms with Crippen LogP contribution in [0.25, 0.3) is 10.9 Å². The molecule has 1 aromatic heterocycles. The number of nitrogens with one attached hydrogen (secondary N) is 1. The van der Waals surface area contributed by atoms with Gasteiger partial charge in [0, 0.05) is 36.2 Å². The number of benzene rings is 1. The van der Waals surface area contributed by atoms with E-state index in [0.717, 1.165) is 0 Å². The smallest absolute Gasteiger partial charge is 0.307 e. The van der Waals surface area contributed by atoms with Gasteiger partial charge in [0.2, 0.25) is 0 Å². The molecule has 3 rings (SSSR count). The van der Waals surface area contributed by atoms with Gasteiger partial charge in [-0.25, -0.2) is 0 Å². The number of fused-ring (bicyclic) bond motifs is 1. The predicted octanol–water partition coefficient (Wildman–Crippen LogP) is 2.53. The van der Waals surface area contributed by atoms with Crippen LogP contribution in [-0.4, -0.2) is 22.2 Å². The van der Waals surface area contributed by atoms with Crippen molar-refractivity contribution in [1.82, 2.24) is 9.88 Å². The zero-order valence-corrected chi connectivity index (χ0v) is 12.1. The van der Waals surface area contributed by atoms with Gasteiger partial charge < -0.3 is 15.0 Å². The van der Waals surface area contributed by atoms with Crippen LogP contribution in [0.1, 0.15) is 29.3 Å². The molecule has 1 fully saturated rings. The Bertz CT molecular complexity index is 687. The first-order valence-corrected chi connectivity index (χ1v) is 7.00. The lowest BCUT2D eigenvalue weighted by molar-refractivity contribution is -0.141. The Morgan fingerprint density at radius 2 is 2.15 bits per heavy atom. The molecule has 2 heterocycles. The van der Waals surface area contributed by atoms with Crippen molar-refractivity contribution in [3.05, 3.63) is 35.0 Å². The van der Waals surface area contributed by atoms with Crippen molar-refractivity contribution in [2.24, 2.45) is 13.0 Å². The lowest BCUT2D eigenvalue weighted by atomic mass is 9.98. The Morgan fingerprint density at radius 1 is 1.40 bits per heavy atom. The molecule has 1 aliphatic rings. The summed E-state index contributed by atoms with van der Waals surface area (Å²) in [5.74, 6) is -0.970. The number of nitrogens with zero attached hydrogens (tertiary/aromatic N) is 1. The van der Waals surface area contributed by atoms with E-state index in [4.69, 9.17) is 5.11 Å². The lowest BCUT2D eigenvalue weighted by Gasteiger charge is -2.11. The summed E-state index contributed by atoms with van der Waals surface area (Å²) in [6.45, 7) is 4.83. The van der Waals surface area contributed by atoms with E-state index in [0.29, 0.717) is 13.0 Å². The highest BCUT2D eigenvalue weighted by Gasteiger charge is 2.30. The van der Waals surface area contributed by atoms with Crippen LogP contribution in [0.15, 0.2) is 18.2 Å². The van der Waals surface area contributed by atoms with Crippen LogP contribution in [0.3, 0.4) is 0 Å². The van der Waals surface area contributed by atoms with E-state index in [2.05, 4.69) is 49.0 Å². The maximum absolute atomic E-state index is 11.0. The van der Waals surface area contributed by atoms with Crippen LogP contribution >= 0.6 is 0 Å². The van der Waals surface area contributed by atoms with Gasteiger partial charge in [0.25, 0.3) is 0 Å². The van der Waals surface area contributed by atoms with Gasteiger partial charge in [0.05, 0.1) is 5.92 Å². The van der Waals surface area contributed by atoms with Crippen LogP contribution in [0, 0.1) is 19.8 Å². The largest absolute Gasteiger partial charge is 0.481 e. The van der Waals surface area contributed by atoms with Crippen LogP contribution in [0.5, 0.6) is 0 Å². The molecule has 2 N–H and O–H groups in total. The highest BCUT2D eigenvalue weighted by molar-refractivity contribution is 5.86. The van der Waals surface area contributed by atoms with Crippen molar-refractivity contribution in [2.45, 2.75) is 26.3 Å². The quantitative estimate of drug-likeness (QED) is 0.883. The van der Waals surface area contributed by atoms with Crippen LogP contribution in [0.2, 0.25) is 0 Å². The fraction of sp³-hybridized carbons (Fsp3) is 0.438. The van der Waals surface area contributed by atoms with E-state index in [1.54, 1.807) is 0 Å². The predicted molar refractivity (Wildman–Crippen MR) is 78.9 cm³/mol. The van der Waals surface area contributed by atoms with Crippen molar-refractivity contribution in [2.75, 3.05) is 6.54 Å². The van der Waals surface area contributed by atoms with Crippen LogP contribution < -0.4 is 5.32 Å². The molecule has 0 saturated carbocycles. The van der Waals surface area contributed by atoms with Gasteiger partial charge in [-0.2, -0.15) is 0 Å². The summed E-state index contributed by atoms with van der Waals surface area (Å²) in [5, 5.41) is 13.7. The number of carboxylic acids is 1. The van der Waals surface area contributed by atoms with E-state index >= 15 is 0 Å². The molecule has 2 atom stereocenters. The van der Waals surface area contributed by atoms with Crippen molar-refractivity contribution in [1.29, 1.82) is 0 Å². The fourth-order valence-corrected chi connectivity index (χ4v) is 3.17. The third-order valence-corrected chi connectivity index (χ3v) is 4.71. The van der Waals surface area contributed by atoms with Crippen molar-refractivity contribution < 1.29 is 9.90 Å². The van der Waals surface area contributed by atoms with Crippen LogP contribution in [-0.2, 0) is 11.8 Å². The highest BCUT2D eigenvalue weighted by Crippen LogP contribution is 2.31. The molecule has 1 aromatic carbocycles. The molecule has 0 aliphatic carbocycles. The Morgan fingerprint density at radius 3 is 2.80 bits per heavy atom. The molecule has 0 bridgehead atoms. The summed E-state index contributed by atoms with van der Waals surface area (Å²) in [7, 11) is 2.08. The first-order chi connectivity index (χ1) is 9.49. The number of aryl methyl sites for hydroxylation is 2. The molecule has 20 heavy (non-hydrogen) atoms. The molecule has 106 valence electrons. The molecule has 0 spiro atoms. The van der Waals surface area contributed by atoms with E-state index in [1.807, 2.05) is 0 Å². The Hall–Kier alpha value is -1.81. The molecule has 0 radical (unpaired) electrons. The van der Waals surface area contributed by atoms with E-state index in [9.17, 15) is 4.79 Å². The Labute approximate surface area is 118 Å². The number of aliphatic carboxylic acids is 1. The summed E-state index contributed by atoms with van der Waals surface area (Å²) in [6, 6.07) is 6.61. The van der Waals surface area contributed by atoms with Gasteiger partial charge in [-0.3, -0.25) is 4.79 Å². The molecule has 1 saturated heterocycles. The van der Waals surface area contributed by atoms with E-state index < -0.39 is 5.97 Å². The average molecular weight is 272 g/mol. The second-order valence-corrected chi connectivity index (χ2v) is 5.78. The van der Waals surface area contributed by atoms with E-state index in [-0.39, 0.29) is 12.0 Å². The SMILES string of the molecule is Cc1c(C)n(C)c2ccc(C3CC(C(=O)O)CN3)cc12. The molecule has 4 heteroatoms. The first kappa shape index (κ1) is 13.2. The van der Waals surface area contributed by atoms with Gasteiger partial charge in [-0.15, -0.1) is 0 Å². The fourth-order valence-electron chi connectivity index (χ4n) is 3.17. The zero-order chi connectivity index (χ0) is 14.4. The zero-order valence-electron chi connectivity index (χ0n) is 12.1. The summed E-state index contributed by atoms with van der Waals surface area (Å²) in [5.41, 5.74) is 5.00. The van der Waals surface area contributed by atoms with Gasteiger partial charge in [0.15, 0.2) is 0 Å². The van der Waals surface area contributed by atoms with E-state index in [1.165, 1.54) is 27.7 Å². The van der Waals surface area contributed by atoms with Gasteiger partial charge in [-0.05, 0) is 43.5 Å². The minimum absolute atomic E-state index is 0.153. The number of hydrogen-bond acceptors (Lipinski definition) is 2. The highest BCUT2D eigenvalue weighted by atomic mass is 16.4. The summed E-state index contributed by atoms with van der Waals surface area (Å²) in [6.07, 6.45) is 0.672. The lowest BCUT2D eigenvalue weighted by Crippen LogP contribution is -2.17. The summed E-state index contributed by atoms with van der Waals surface area (Å²) < 4.78 is 2.20. The van der Waals surface area contributed by atoms with Crippen molar-refractivity contribution in [3.8, 4) is 0 Å². The number of carboxylic acid groups (broad SMARTS) is 1. The summed E-state index contributed by atoms with van der Waals surface area (Å²) in [4.78, 5) is 11.0. The van der Waals surface area contributed by atoms with Crippen molar-refractivity contribution in [3.63, 3.8) is 0 Å². The molecule has 2 aromatic rings. The molecule has 2 unspecified atom stereocenters. The monoisotopic (exact) mass is 272 g/mol. The summed E-state index contributed by atoms with van der Waals surface area (Å²) >= 11 is 0. The maximum Gasteiger partial charge on any atom is 0.307 e. The van der Waals surface area contributed by atoms with Gasteiger partial charge in [0.1, 0.15) is 0 Å². The molecule has 0 amide bonds. The molecule has 1 aliphatic heterocycles. The minimum Gasteiger partial charge on any atom is -0.481 e. The van der Waals surface area contributed by atoms with Gasteiger partial charge in [-0.1, -0.05) is 6.07 Å². The average Bonchev–Trinajstić information content (AvgIpc) is 3.00. The first-order valence-electron chi connectivity index (χ1n) is 7.00. The normalized spacial score (nSPS) is 22.6. The Kier molecular flexibility index (Phi) is 3.05. The molecular formula is C16H20N2O2. The second kappa shape index (κ2) is 4.63. The topological polar surface area (TPSA) is 54.3 Å². The third kappa shape index (κ3) is 1.91. The molecule has 4 nitrogen and oxygen atoms in total. The number of rotatable bonds is 2. The van der Waals surface area contributed by atoms with Crippen LogP contribution in [0.4, 0.5) is 0 Å². The second-order valence-electron chi connectivity index (χ2n) is 5.78.